The van der Waals surface area contributed by atoms with Gasteiger partial charge in [-0.3, -0.25) is 9.69 Å². The van der Waals surface area contributed by atoms with Crippen LogP contribution in [0.2, 0.25) is 0 Å². The lowest BCUT2D eigenvalue weighted by molar-refractivity contribution is 0.100. The molecule has 5 nitrogen and oxygen atoms in total. The van der Waals surface area contributed by atoms with E-state index in [1.165, 1.54) is 5.56 Å². The molecule has 0 bridgehead atoms. The molecule has 0 atom stereocenters. The number of methoxy groups -OCH3 is 2. The molecule has 2 aromatic carbocycles. The highest BCUT2D eigenvalue weighted by molar-refractivity contribution is 7.10. The van der Waals surface area contributed by atoms with Crippen LogP contribution in [-0.2, 0) is 13.0 Å². The lowest BCUT2D eigenvalue weighted by Crippen LogP contribution is -2.31. The Morgan fingerprint density at radius 2 is 1.88 bits per heavy atom. The minimum atomic E-state index is 0.0990. The van der Waals surface area contributed by atoms with Crippen LogP contribution in [0.3, 0.4) is 0 Å². The minimum absolute atomic E-state index is 0.0990. The molecule has 1 aromatic heterocycles. The molecule has 0 N–H and O–H groups in total. The highest BCUT2D eigenvalue weighted by Gasteiger charge is 2.26. The van der Waals surface area contributed by atoms with Gasteiger partial charge < -0.3 is 14.2 Å². The fraction of sp³-hybridized carbons (Fsp3) is 0.321. The van der Waals surface area contributed by atoms with Crippen molar-refractivity contribution in [2.45, 2.75) is 25.8 Å². The number of nitrogens with zero attached hydrogens (tertiary/aromatic N) is 1. The largest absolute Gasteiger partial charge is 0.494 e. The lowest BCUT2D eigenvalue weighted by Gasteiger charge is -2.26. The van der Waals surface area contributed by atoms with Crippen LogP contribution in [0.1, 0.15) is 44.8 Å². The Morgan fingerprint density at radius 1 is 1.06 bits per heavy atom. The molecular formula is C28H29NO4S. The number of Topliss-reactive ketones (excluding diaryl/α,β-unsaturated/α-hetero) is 1. The number of ether oxygens (including phenoxy) is 3. The fourth-order valence-electron chi connectivity index (χ4n) is 4.74. The number of fused-ring (bicyclic) bond motifs is 2. The van der Waals surface area contributed by atoms with Crippen molar-refractivity contribution in [1.29, 1.82) is 0 Å². The second-order valence-electron chi connectivity index (χ2n) is 8.69. The molecule has 0 radical (unpaired) electrons. The van der Waals surface area contributed by atoms with Crippen molar-refractivity contribution in [2.24, 2.45) is 0 Å². The molecule has 0 unspecified atom stereocenters. The number of hydrogen-bond acceptors (Lipinski definition) is 6. The summed E-state index contributed by atoms with van der Waals surface area (Å²) in [7, 11) is 3.19. The van der Waals surface area contributed by atoms with Crippen LogP contribution < -0.4 is 14.2 Å². The Labute approximate surface area is 204 Å². The monoisotopic (exact) mass is 475 g/mol. The van der Waals surface area contributed by atoms with Crippen molar-refractivity contribution in [3.63, 3.8) is 0 Å². The zero-order valence-electron chi connectivity index (χ0n) is 19.6. The number of hydrogen-bond donors (Lipinski definition) is 0. The van der Waals surface area contributed by atoms with Gasteiger partial charge in [0.05, 0.1) is 20.8 Å². The molecule has 34 heavy (non-hydrogen) atoms. The SMILES string of the molecule is COc1cc2c(cc1OC)C(=Cc1cccc(OCCCN3CCc4sccc4C3)c1)CC2=O. The van der Waals surface area contributed by atoms with Gasteiger partial charge in [0.1, 0.15) is 5.75 Å². The predicted octanol–water partition coefficient (Wildman–Crippen LogP) is 5.72. The summed E-state index contributed by atoms with van der Waals surface area (Å²) >= 11 is 1.88. The third-order valence-electron chi connectivity index (χ3n) is 6.49. The van der Waals surface area contributed by atoms with Gasteiger partial charge in [0, 0.05) is 36.5 Å². The molecule has 2 aliphatic rings. The molecule has 0 saturated heterocycles. The van der Waals surface area contributed by atoms with Gasteiger partial charge in [-0.05, 0) is 70.8 Å². The Balaban J connectivity index is 1.22. The average molecular weight is 476 g/mol. The van der Waals surface area contributed by atoms with Gasteiger partial charge >= 0.3 is 0 Å². The highest BCUT2D eigenvalue weighted by atomic mass is 32.1. The molecule has 6 heteroatoms. The molecule has 0 amide bonds. The van der Waals surface area contributed by atoms with Gasteiger partial charge in [-0.25, -0.2) is 0 Å². The van der Waals surface area contributed by atoms with Gasteiger partial charge in [-0.1, -0.05) is 18.2 Å². The van der Waals surface area contributed by atoms with Crippen LogP contribution in [0.15, 0.2) is 47.8 Å². The summed E-state index contributed by atoms with van der Waals surface area (Å²) in [6, 6.07) is 14.0. The van der Waals surface area contributed by atoms with Crippen LogP contribution in [0.25, 0.3) is 11.6 Å². The van der Waals surface area contributed by atoms with E-state index in [-0.39, 0.29) is 5.78 Å². The van der Waals surface area contributed by atoms with E-state index < -0.39 is 0 Å². The third kappa shape index (κ3) is 4.74. The van der Waals surface area contributed by atoms with Crippen molar-refractivity contribution in [1.82, 2.24) is 4.90 Å². The van der Waals surface area contributed by atoms with Crippen LogP contribution >= 0.6 is 11.3 Å². The summed E-state index contributed by atoms with van der Waals surface area (Å²) in [5.41, 5.74) is 5.08. The first-order valence-corrected chi connectivity index (χ1v) is 12.5. The van der Waals surface area contributed by atoms with E-state index >= 15 is 0 Å². The number of carbonyl (C=O) groups excluding carboxylic acids is 1. The summed E-state index contributed by atoms with van der Waals surface area (Å²) in [4.78, 5) is 16.6. The number of benzene rings is 2. The zero-order valence-corrected chi connectivity index (χ0v) is 20.5. The Hall–Kier alpha value is -3.09. The van der Waals surface area contributed by atoms with E-state index in [4.69, 9.17) is 14.2 Å². The molecule has 1 aliphatic heterocycles. The number of ketones is 1. The van der Waals surface area contributed by atoms with E-state index in [1.54, 1.807) is 25.2 Å². The Morgan fingerprint density at radius 3 is 2.71 bits per heavy atom. The minimum Gasteiger partial charge on any atom is -0.494 e. The summed E-state index contributed by atoms with van der Waals surface area (Å²) < 4.78 is 16.9. The van der Waals surface area contributed by atoms with Crippen molar-refractivity contribution >= 4 is 28.8 Å². The zero-order chi connectivity index (χ0) is 23.5. The van der Waals surface area contributed by atoms with Crippen LogP contribution in [0.4, 0.5) is 0 Å². The lowest BCUT2D eigenvalue weighted by atomic mass is 10.0. The standard InChI is InChI=1S/C28H29NO4S/c1-31-26-16-23-21(15-25(30)24(23)17-27(26)32-2)13-19-5-3-6-22(14-19)33-11-4-9-29-10-7-28-20(18-29)8-12-34-28/h3,5-6,8,12-14,16-17H,4,7,9-11,15,18H2,1-2H3. The molecule has 0 spiro atoms. The summed E-state index contributed by atoms with van der Waals surface area (Å²) in [6.45, 7) is 3.92. The average Bonchev–Trinajstić information content (AvgIpc) is 3.45. The van der Waals surface area contributed by atoms with Gasteiger partial charge in [-0.2, -0.15) is 0 Å². The van der Waals surface area contributed by atoms with Crippen molar-refractivity contribution in [2.75, 3.05) is 33.9 Å². The van der Waals surface area contributed by atoms with Gasteiger partial charge in [-0.15, -0.1) is 11.3 Å². The van der Waals surface area contributed by atoms with Gasteiger partial charge in [0.15, 0.2) is 17.3 Å². The third-order valence-corrected chi connectivity index (χ3v) is 7.52. The first kappa shape index (κ1) is 22.7. The second-order valence-corrected chi connectivity index (χ2v) is 9.69. The molecular weight excluding hydrogens is 446 g/mol. The smallest absolute Gasteiger partial charge is 0.168 e. The van der Waals surface area contributed by atoms with E-state index in [1.807, 2.05) is 41.7 Å². The maximum absolute atomic E-state index is 12.6. The van der Waals surface area contributed by atoms with Crippen LogP contribution in [-0.4, -0.2) is 44.6 Å². The van der Waals surface area contributed by atoms with Crippen molar-refractivity contribution < 1.29 is 19.0 Å². The Bertz CT molecular complexity index is 1230. The molecule has 0 fully saturated rings. The summed E-state index contributed by atoms with van der Waals surface area (Å²) in [5.74, 6) is 2.15. The maximum Gasteiger partial charge on any atom is 0.168 e. The molecule has 1 aliphatic carbocycles. The van der Waals surface area contributed by atoms with Crippen LogP contribution in [0, 0.1) is 0 Å². The van der Waals surface area contributed by atoms with Crippen LogP contribution in [0.5, 0.6) is 17.2 Å². The fourth-order valence-corrected chi connectivity index (χ4v) is 5.63. The molecule has 3 aromatic rings. The normalized spacial score (nSPS) is 16.4. The number of rotatable bonds is 8. The molecule has 0 saturated carbocycles. The van der Waals surface area contributed by atoms with E-state index in [2.05, 4.69) is 22.4 Å². The number of thiophene rings is 1. The van der Waals surface area contributed by atoms with E-state index in [0.717, 1.165) is 54.9 Å². The molecule has 2 heterocycles. The topological polar surface area (TPSA) is 48.0 Å². The first-order chi connectivity index (χ1) is 16.6. The second kappa shape index (κ2) is 10.0. The number of carbonyl (C=O) groups is 1. The van der Waals surface area contributed by atoms with Crippen molar-refractivity contribution in [3.8, 4) is 17.2 Å². The van der Waals surface area contributed by atoms with Gasteiger partial charge in [0.2, 0.25) is 0 Å². The summed E-state index contributed by atoms with van der Waals surface area (Å²) in [5, 5.41) is 2.20. The maximum atomic E-state index is 12.6. The predicted molar refractivity (Wildman–Crippen MR) is 136 cm³/mol. The quantitative estimate of drug-likeness (QED) is 0.390. The van der Waals surface area contributed by atoms with Crippen molar-refractivity contribution in [3.05, 3.63) is 75.0 Å². The highest BCUT2D eigenvalue weighted by Crippen LogP contribution is 2.40. The molecule has 5 rings (SSSR count). The summed E-state index contributed by atoms with van der Waals surface area (Å²) in [6.07, 6.45) is 4.59. The first-order valence-electron chi connectivity index (χ1n) is 11.6. The van der Waals surface area contributed by atoms with Gasteiger partial charge in [0.25, 0.3) is 0 Å². The Kier molecular flexibility index (Phi) is 6.70. The number of allylic oxidation sites excluding steroid dienone is 1. The molecule has 176 valence electrons. The van der Waals surface area contributed by atoms with E-state index in [9.17, 15) is 4.79 Å². The van der Waals surface area contributed by atoms with E-state index in [0.29, 0.717) is 30.1 Å².